The molecule has 0 saturated carbocycles. The quantitative estimate of drug-likeness (QED) is 0.568. The summed E-state index contributed by atoms with van der Waals surface area (Å²) in [4.78, 5) is 4.16. The second-order valence-corrected chi connectivity index (χ2v) is 3.64. The summed E-state index contributed by atoms with van der Waals surface area (Å²) in [5.41, 5.74) is 3.78. The Hall–Kier alpha value is -2.24. The molecule has 0 aliphatic carbocycles. The number of nitrogens with zero attached hydrogens (tertiary/aromatic N) is 2. The van der Waals surface area contributed by atoms with E-state index in [4.69, 9.17) is 9.47 Å². The predicted molar refractivity (Wildman–Crippen MR) is 63.6 cm³/mol. The van der Waals surface area contributed by atoms with Crippen LogP contribution in [-0.4, -0.2) is 32.1 Å². The van der Waals surface area contributed by atoms with E-state index in [0.29, 0.717) is 5.96 Å². The van der Waals surface area contributed by atoms with E-state index >= 15 is 0 Å². The van der Waals surface area contributed by atoms with Gasteiger partial charge >= 0.3 is 0 Å². The molecule has 0 radical (unpaired) electrons. The van der Waals surface area contributed by atoms with Crippen molar-refractivity contribution in [2.75, 3.05) is 19.9 Å². The lowest BCUT2D eigenvalue weighted by molar-refractivity contribution is 0.174. The molecule has 2 aliphatic heterocycles. The Morgan fingerprint density at radius 2 is 2.29 bits per heavy atom. The number of ether oxygens (including phenoxy) is 2. The maximum absolute atomic E-state index is 5.28. The topological polar surface area (TPSA) is 67.2 Å². The Balaban J connectivity index is 1.66. The Labute approximate surface area is 98.3 Å². The molecule has 0 amide bonds. The number of rotatable bonds is 2. The van der Waals surface area contributed by atoms with Gasteiger partial charge in [-0.05, 0) is 23.8 Å². The van der Waals surface area contributed by atoms with Crippen LogP contribution in [0.15, 0.2) is 28.3 Å². The predicted octanol–water partition coefficient (Wildman–Crippen LogP) is 0.298. The monoisotopic (exact) mass is 232 g/mol. The van der Waals surface area contributed by atoms with Gasteiger partial charge in [-0.25, -0.2) is 10.4 Å². The van der Waals surface area contributed by atoms with Crippen molar-refractivity contribution in [3.8, 4) is 11.5 Å². The number of nitrogens with one attached hydrogen (secondary N) is 2. The van der Waals surface area contributed by atoms with Gasteiger partial charge in [-0.1, -0.05) is 0 Å². The Morgan fingerprint density at radius 1 is 1.35 bits per heavy atom. The fraction of sp³-hybridized carbons (Fsp3) is 0.273. The van der Waals surface area contributed by atoms with Crippen molar-refractivity contribution in [1.29, 1.82) is 0 Å². The molecule has 0 aromatic heterocycles. The van der Waals surface area contributed by atoms with Gasteiger partial charge in [-0.2, -0.15) is 5.10 Å². The number of hydrazone groups is 1. The zero-order valence-corrected chi connectivity index (χ0v) is 9.14. The van der Waals surface area contributed by atoms with E-state index in [1.54, 1.807) is 6.21 Å². The first-order chi connectivity index (χ1) is 8.42. The minimum Gasteiger partial charge on any atom is -0.454 e. The second kappa shape index (κ2) is 4.32. The highest BCUT2D eigenvalue weighted by molar-refractivity contribution is 5.85. The molecule has 88 valence electrons. The summed E-state index contributed by atoms with van der Waals surface area (Å²) in [6.07, 6.45) is 1.71. The Morgan fingerprint density at radius 3 is 3.18 bits per heavy atom. The van der Waals surface area contributed by atoms with Crippen molar-refractivity contribution in [2.45, 2.75) is 0 Å². The van der Waals surface area contributed by atoms with E-state index in [9.17, 15) is 0 Å². The lowest BCUT2D eigenvalue weighted by Crippen LogP contribution is -2.30. The van der Waals surface area contributed by atoms with Gasteiger partial charge in [-0.15, -0.1) is 0 Å². The first kappa shape index (κ1) is 9.95. The summed E-state index contributed by atoms with van der Waals surface area (Å²) in [6, 6.07) is 5.68. The zero-order valence-electron chi connectivity index (χ0n) is 9.14. The maximum Gasteiger partial charge on any atom is 0.231 e. The lowest BCUT2D eigenvalue weighted by Gasteiger charge is -2.00. The molecule has 1 aromatic carbocycles. The molecule has 0 atom stereocenters. The first-order valence-corrected chi connectivity index (χ1v) is 5.39. The molecule has 2 aliphatic rings. The minimum atomic E-state index is 0.287. The lowest BCUT2D eigenvalue weighted by atomic mass is 10.2. The van der Waals surface area contributed by atoms with Gasteiger partial charge in [0.2, 0.25) is 12.8 Å². The Bertz CT molecular complexity index is 484. The van der Waals surface area contributed by atoms with Gasteiger partial charge < -0.3 is 14.8 Å². The molecule has 3 rings (SSSR count). The number of benzene rings is 1. The summed E-state index contributed by atoms with van der Waals surface area (Å²) < 4.78 is 10.5. The summed E-state index contributed by atoms with van der Waals surface area (Å²) >= 11 is 0. The number of hydrogen-bond donors (Lipinski definition) is 2. The highest BCUT2D eigenvalue weighted by Crippen LogP contribution is 2.31. The first-order valence-electron chi connectivity index (χ1n) is 5.39. The van der Waals surface area contributed by atoms with Crippen molar-refractivity contribution in [1.82, 2.24) is 10.7 Å². The third kappa shape index (κ3) is 2.15. The van der Waals surface area contributed by atoms with Crippen molar-refractivity contribution in [2.24, 2.45) is 10.1 Å². The largest absolute Gasteiger partial charge is 0.454 e. The van der Waals surface area contributed by atoms with Crippen LogP contribution in [0.5, 0.6) is 11.5 Å². The zero-order chi connectivity index (χ0) is 11.5. The van der Waals surface area contributed by atoms with E-state index in [-0.39, 0.29) is 6.79 Å². The van der Waals surface area contributed by atoms with Crippen LogP contribution in [-0.2, 0) is 0 Å². The number of guanidine groups is 1. The molecule has 0 saturated heterocycles. The van der Waals surface area contributed by atoms with Crippen LogP contribution in [0.2, 0.25) is 0 Å². The van der Waals surface area contributed by atoms with E-state index in [1.807, 2.05) is 18.2 Å². The van der Waals surface area contributed by atoms with Crippen LogP contribution in [0, 0.1) is 0 Å². The molecule has 0 spiro atoms. The molecule has 0 fully saturated rings. The van der Waals surface area contributed by atoms with Gasteiger partial charge in [-0.3, -0.25) is 0 Å². The summed E-state index contributed by atoms with van der Waals surface area (Å²) in [6.45, 7) is 1.94. The van der Waals surface area contributed by atoms with E-state index in [2.05, 4.69) is 20.8 Å². The fourth-order valence-electron chi connectivity index (χ4n) is 1.63. The van der Waals surface area contributed by atoms with Crippen LogP contribution in [0.25, 0.3) is 0 Å². The van der Waals surface area contributed by atoms with Crippen LogP contribution >= 0.6 is 0 Å². The Kier molecular flexibility index (Phi) is 2.53. The summed E-state index contributed by atoms with van der Waals surface area (Å²) in [5.74, 6) is 2.24. The average Bonchev–Trinajstić information content (AvgIpc) is 2.98. The molecule has 6 heteroatoms. The van der Waals surface area contributed by atoms with Crippen LogP contribution in [0.3, 0.4) is 0 Å². The summed E-state index contributed by atoms with van der Waals surface area (Å²) in [5, 5.41) is 7.15. The van der Waals surface area contributed by atoms with Gasteiger partial charge in [0.25, 0.3) is 0 Å². The van der Waals surface area contributed by atoms with Crippen LogP contribution in [0.1, 0.15) is 5.56 Å². The third-order valence-electron chi connectivity index (χ3n) is 2.45. The van der Waals surface area contributed by atoms with Gasteiger partial charge in [0.05, 0.1) is 12.8 Å². The molecule has 0 unspecified atom stereocenters. The minimum absolute atomic E-state index is 0.287. The van der Waals surface area contributed by atoms with Gasteiger partial charge in [0.15, 0.2) is 11.5 Å². The van der Waals surface area contributed by atoms with Crippen LogP contribution in [0.4, 0.5) is 0 Å². The number of aliphatic imine (C=N–C) groups is 1. The standard InChI is InChI=1S/C11H12N4O2/c1-2-9-10(17-7-16-9)5-8(1)6-14-15-11-12-3-4-13-11/h1-2,5-6H,3-4,7H2,(H2,12,13,15)/b14-6-. The summed E-state index contributed by atoms with van der Waals surface area (Å²) in [7, 11) is 0. The molecule has 0 bridgehead atoms. The fourth-order valence-corrected chi connectivity index (χ4v) is 1.63. The average molecular weight is 232 g/mol. The SMILES string of the molecule is C(=N/NC1=NCCN1)/c1ccc2c(c1)OCO2. The van der Waals surface area contributed by atoms with Crippen molar-refractivity contribution >= 4 is 12.2 Å². The third-order valence-corrected chi connectivity index (χ3v) is 2.45. The van der Waals surface area contributed by atoms with Crippen molar-refractivity contribution in [3.05, 3.63) is 23.8 Å². The smallest absolute Gasteiger partial charge is 0.231 e. The second-order valence-electron chi connectivity index (χ2n) is 3.64. The highest BCUT2D eigenvalue weighted by atomic mass is 16.7. The molecular formula is C11H12N4O2. The molecular weight excluding hydrogens is 220 g/mol. The van der Waals surface area contributed by atoms with Crippen molar-refractivity contribution in [3.63, 3.8) is 0 Å². The molecule has 1 aromatic rings. The maximum atomic E-state index is 5.28. The molecule has 2 heterocycles. The van der Waals surface area contributed by atoms with E-state index < -0.39 is 0 Å². The number of fused-ring (bicyclic) bond motifs is 1. The van der Waals surface area contributed by atoms with Gasteiger partial charge in [0.1, 0.15) is 0 Å². The van der Waals surface area contributed by atoms with Gasteiger partial charge in [0, 0.05) is 6.54 Å². The number of hydrogen-bond acceptors (Lipinski definition) is 6. The molecule has 2 N–H and O–H groups in total. The van der Waals surface area contributed by atoms with E-state index in [1.165, 1.54) is 0 Å². The normalized spacial score (nSPS) is 17.1. The van der Waals surface area contributed by atoms with Crippen molar-refractivity contribution < 1.29 is 9.47 Å². The highest BCUT2D eigenvalue weighted by Gasteiger charge is 2.12. The van der Waals surface area contributed by atoms with Crippen LogP contribution < -0.4 is 20.2 Å². The molecule has 17 heavy (non-hydrogen) atoms. The van der Waals surface area contributed by atoms with E-state index in [0.717, 1.165) is 30.2 Å². The molecule has 6 nitrogen and oxygen atoms in total.